The van der Waals surface area contributed by atoms with Crippen LogP contribution in [0.1, 0.15) is 26.3 Å². The van der Waals surface area contributed by atoms with E-state index >= 15 is 0 Å². The third-order valence-electron chi connectivity index (χ3n) is 4.05. The van der Waals surface area contributed by atoms with Gasteiger partial charge < -0.3 is 14.4 Å². The van der Waals surface area contributed by atoms with E-state index in [1.807, 2.05) is 30.3 Å². The summed E-state index contributed by atoms with van der Waals surface area (Å²) in [6.07, 6.45) is -0.772. The highest BCUT2D eigenvalue weighted by Crippen LogP contribution is 2.19. The van der Waals surface area contributed by atoms with Crippen LogP contribution in [0.3, 0.4) is 0 Å². The van der Waals surface area contributed by atoms with Crippen LogP contribution >= 0.6 is 11.6 Å². The number of carbonyl (C=O) groups is 2. The quantitative estimate of drug-likeness (QED) is 0.638. The number of benzene rings is 2. The summed E-state index contributed by atoms with van der Waals surface area (Å²) in [4.78, 5) is 26.7. The van der Waals surface area contributed by atoms with Gasteiger partial charge in [0.25, 0.3) is 5.91 Å². The molecule has 5 nitrogen and oxygen atoms in total. The van der Waals surface area contributed by atoms with Crippen LogP contribution in [0.15, 0.2) is 54.6 Å². The Morgan fingerprint density at radius 2 is 1.67 bits per heavy atom. The molecule has 27 heavy (non-hydrogen) atoms. The van der Waals surface area contributed by atoms with Gasteiger partial charge in [0, 0.05) is 11.6 Å². The Morgan fingerprint density at radius 1 is 1.04 bits per heavy atom. The van der Waals surface area contributed by atoms with Crippen molar-refractivity contribution in [1.29, 1.82) is 0 Å². The molecule has 0 N–H and O–H groups in total. The molecule has 2 aromatic carbocycles. The Hall–Kier alpha value is -2.53. The zero-order valence-corrected chi connectivity index (χ0v) is 16.5. The third kappa shape index (κ3) is 6.00. The lowest BCUT2D eigenvalue weighted by atomic mass is 10.1. The van der Waals surface area contributed by atoms with E-state index in [1.54, 1.807) is 45.0 Å². The minimum atomic E-state index is -0.772. The number of hydrogen-bond acceptors (Lipinski definition) is 4. The maximum Gasteiger partial charge on any atom is 0.328 e. The number of hydrogen-bond donors (Lipinski definition) is 0. The summed E-state index contributed by atoms with van der Waals surface area (Å²) in [5.74, 6) is -0.210. The second kappa shape index (κ2) is 9.97. The first-order valence-corrected chi connectivity index (χ1v) is 9.23. The van der Waals surface area contributed by atoms with Crippen LogP contribution < -0.4 is 4.74 Å². The largest absolute Gasteiger partial charge is 0.481 e. The maximum absolute atomic E-state index is 13.0. The lowest BCUT2D eigenvalue weighted by Gasteiger charge is -2.30. The Labute approximate surface area is 164 Å². The predicted molar refractivity (Wildman–Crippen MR) is 105 cm³/mol. The fourth-order valence-corrected chi connectivity index (χ4v) is 2.70. The molecular weight excluding hydrogens is 366 g/mol. The Kier molecular flexibility index (Phi) is 7.67. The average Bonchev–Trinajstić information content (AvgIpc) is 2.67. The Morgan fingerprint density at radius 3 is 2.26 bits per heavy atom. The van der Waals surface area contributed by atoms with Crippen molar-refractivity contribution < 1.29 is 19.1 Å². The summed E-state index contributed by atoms with van der Waals surface area (Å²) >= 11 is 5.88. The van der Waals surface area contributed by atoms with Gasteiger partial charge in [-0.15, -0.1) is 0 Å². The highest BCUT2D eigenvalue weighted by molar-refractivity contribution is 6.30. The smallest absolute Gasteiger partial charge is 0.328 e. The SMILES string of the molecule is CCOC(=O)C(C)N(Cc1ccccc1)C(=O)C(C)Oc1ccc(Cl)cc1. The topological polar surface area (TPSA) is 55.8 Å². The van der Waals surface area contributed by atoms with Gasteiger partial charge >= 0.3 is 5.97 Å². The summed E-state index contributed by atoms with van der Waals surface area (Å²) < 4.78 is 10.8. The van der Waals surface area contributed by atoms with E-state index in [1.165, 1.54) is 4.90 Å². The normalized spacial score (nSPS) is 12.7. The molecule has 0 fully saturated rings. The summed E-state index contributed by atoms with van der Waals surface area (Å²) in [7, 11) is 0. The van der Waals surface area contributed by atoms with Gasteiger partial charge in [-0.2, -0.15) is 0 Å². The molecule has 6 heteroatoms. The van der Waals surface area contributed by atoms with E-state index in [9.17, 15) is 9.59 Å². The van der Waals surface area contributed by atoms with Crippen LogP contribution in [-0.2, 0) is 20.9 Å². The van der Waals surface area contributed by atoms with Crippen molar-refractivity contribution in [3.63, 3.8) is 0 Å². The van der Waals surface area contributed by atoms with Gasteiger partial charge in [-0.3, -0.25) is 4.79 Å². The highest BCUT2D eigenvalue weighted by atomic mass is 35.5. The van der Waals surface area contributed by atoms with Crippen molar-refractivity contribution in [3.8, 4) is 5.75 Å². The first-order chi connectivity index (χ1) is 12.9. The second-order valence-corrected chi connectivity index (χ2v) is 6.53. The molecule has 2 aromatic rings. The molecule has 144 valence electrons. The molecule has 0 radical (unpaired) electrons. The van der Waals surface area contributed by atoms with Crippen molar-refractivity contribution in [2.75, 3.05) is 6.61 Å². The number of carbonyl (C=O) groups excluding carboxylic acids is 2. The molecule has 0 heterocycles. The van der Waals surface area contributed by atoms with Crippen molar-refractivity contribution in [1.82, 2.24) is 4.90 Å². The van der Waals surface area contributed by atoms with E-state index < -0.39 is 18.1 Å². The number of ether oxygens (including phenoxy) is 2. The van der Waals surface area contributed by atoms with Crippen molar-refractivity contribution in [2.45, 2.75) is 39.5 Å². The zero-order valence-electron chi connectivity index (χ0n) is 15.7. The van der Waals surface area contributed by atoms with Crippen LogP contribution in [0.25, 0.3) is 0 Å². The van der Waals surface area contributed by atoms with E-state index in [-0.39, 0.29) is 19.1 Å². The predicted octanol–water partition coefficient (Wildman–Crippen LogP) is 4.09. The van der Waals surface area contributed by atoms with Gasteiger partial charge in [0.2, 0.25) is 0 Å². The molecule has 2 atom stereocenters. The van der Waals surface area contributed by atoms with E-state index in [0.717, 1.165) is 5.56 Å². The van der Waals surface area contributed by atoms with E-state index in [0.29, 0.717) is 10.8 Å². The fourth-order valence-electron chi connectivity index (χ4n) is 2.58. The molecule has 0 aromatic heterocycles. The first-order valence-electron chi connectivity index (χ1n) is 8.85. The van der Waals surface area contributed by atoms with Gasteiger partial charge in [0.05, 0.1) is 6.61 Å². The van der Waals surface area contributed by atoms with Crippen molar-refractivity contribution >= 4 is 23.5 Å². The maximum atomic E-state index is 13.0. The molecule has 0 spiro atoms. The van der Waals surface area contributed by atoms with Gasteiger partial charge in [0.1, 0.15) is 11.8 Å². The van der Waals surface area contributed by atoms with Gasteiger partial charge in [-0.1, -0.05) is 41.9 Å². The lowest BCUT2D eigenvalue weighted by molar-refractivity contribution is -0.156. The molecule has 0 aliphatic heterocycles. The molecule has 0 aliphatic carbocycles. The molecule has 1 amide bonds. The Bertz CT molecular complexity index is 749. The number of esters is 1. The number of halogens is 1. The molecular formula is C21H24ClNO4. The lowest BCUT2D eigenvalue weighted by Crippen LogP contribution is -2.48. The standard InChI is InChI=1S/C21H24ClNO4/c1-4-26-21(25)15(2)23(14-17-8-6-5-7-9-17)20(24)16(3)27-19-12-10-18(22)11-13-19/h5-13,15-16H,4,14H2,1-3H3. The van der Waals surface area contributed by atoms with Crippen LogP contribution in [-0.4, -0.2) is 35.5 Å². The minimum absolute atomic E-state index is 0.257. The molecule has 0 bridgehead atoms. The van der Waals surface area contributed by atoms with Gasteiger partial charge in [-0.05, 0) is 50.6 Å². The van der Waals surface area contributed by atoms with Gasteiger partial charge in [-0.25, -0.2) is 4.79 Å². The molecule has 2 unspecified atom stereocenters. The second-order valence-electron chi connectivity index (χ2n) is 6.09. The number of rotatable bonds is 8. The number of amides is 1. The third-order valence-corrected chi connectivity index (χ3v) is 4.30. The average molecular weight is 390 g/mol. The Balaban J connectivity index is 2.18. The van der Waals surface area contributed by atoms with E-state index in [4.69, 9.17) is 21.1 Å². The van der Waals surface area contributed by atoms with Crippen molar-refractivity contribution in [3.05, 3.63) is 65.2 Å². The summed E-state index contributed by atoms with van der Waals surface area (Å²) in [6.45, 7) is 5.60. The monoisotopic (exact) mass is 389 g/mol. The fraction of sp³-hybridized carbons (Fsp3) is 0.333. The summed E-state index contributed by atoms with van der Waals surface area (Å²) in [5.41, 5.74) is 0.917. The van der Waals surface area contributed by atoms with Gasteiger partial charge in [0.15, 0.2) is 6.10 Å². The molecule has 0 aliphatic rings. The summed E-state index contributed by atoms with van der Waals surface area (Å²) in [6, 6.07) is 15.5. The highest BCUT2D eigenvalue weighted by Gasteiger charge is 2.31. The van der Waals surface area contributed by atoms with Crippen LogP contribution in [0.5, 0.6) is 5.75 Å². The van der Waals surface area contributed by atoms with Crippen LogP contribution in [0.4, 0.5) is 0 Å². The minimum Gasteiger partial charge on any atom is -0.481 e. The van der Waals surface area contributed by atoms with Crippen LogP contribution in [0.2, 0.25) is 5.02 Å². The summed E-state index contributed by atoms with van der Waals surface area (Å²) in [5, 5.41) is 0.586. The zero-order chi connectivity index (χ0) is 19.8. The first kappa shape index (κ1) is 20.8. The van der Waals surface area contributed by atoms with Crippen LogP contribution in [0, 0.1) is 0 Å². The number of nitrogens with zero attached hydrogens (tertiary/aromatic N) is 1. The molecule has 2 rings (SSSR count). The molecule has 0 saturated carbocycles. The van der Waals surface area contributed by atoms with E-state index in [2.05, 4.69) is 0 Å². The van der Waals surface area contributed by atoms with Crippen molar-refractivity contribution in [2.24, 2.45) is 0 Å². The molecule has 0 saturated heterocycles.